The Morgan fingerprint density at radius 3 is 3.00 bits per heavy atom. The van der Waals surface area contributed by atoms with Crippen LogP contribution in [0.5, 0.6) is 0 Å². The lowest BCUT2D eigenvalue weighted by Gasteiger charge is -2.06. The van der Waals surface area contributed by atoms with E-state index < -0.39 is 12.0 Å². The first-order valence-corrected chi connectivity index (χ1v) is 5.21. The van der Waals surface area contributed by atoms with E-state index in [1.54, 1.807) is 0 Å². The Hall–Kier alpha value is -1.81. The molecule has 0 bridgehead atoms. The minimum absolute atomic E-state index is 0.464. The second-order valence-corrected chi connectivity index (χ2v) is 3.88. The first-order chi connectivity index (χ1) is 7.66. The van der Waals surface area contributed by atoms with Crippen molar-refractivity contribution in [1.82, 2.24) is 4.98 Å². The molecule has 0 aliphatic rings. The highest BCUT2D eigenvalue weighted by Crippen LogP contribution is 2.15. The molecule has 0 aliphatic heterocycles. The van der Waals surface area contributed by atoms with Gasteiger partial charge in [0.05, 0.1) is 0 Å². The molecule has 0 amide bonds. The lowest BCUT2D eigenvalue weighted by atomic mass is 10.0. The monoisotopic (exact) mass is 218 g/mol. The molecule has 4 heteroatoms. The zero-order valence-electron chi connectivity index (χ0n) is 8.81. The van der Waals surface area contributed by atoms with Crippen LogP contribution in [0.3, 0.4) is 0 Å². The van der Waals surface area contributed by atoms with E-state index in [1.165, 1.54) is 0 Å². The molecule has 1 aromatic carbocycles. The fraction of sp³-hybridized carbons (Fsp3) is 0.250. The summed E-state index contributed by atoms with van der Waals surface area (Å²) in [4.78, 5) is 13.7. The van der Waals surface area contributed by atoms with Crippen LogP contribution in [-0.4, -0.2) is 22.1 Å². The Kier molecular flexibility index (Phi) is 2.92. The summed E-state index contributed by atoms with van der Waals surface area (Å²) in [6, 6.07) is 7.27. The molecule has 0 saturated carbocycles. The fourth-order valence-electron chi connectivity index (χ4n) is 1.70. The standard InChI is InChI=1S/C12H14N2O2/c13-10(12(15)16)3-1-8-2-4-11-9(7-8)5-6-14-11/h2,4-7,10,14H,1,3,13H2,(H,15,16). The number of benzene rings is 1. The molecule has 16 heavy (non-hydrogen) atoms. The number of carboxylic acid groups (broad SMARTS) is 1. The van der Waals surface area contributed by atoms with Gasteiger partial charge in [0.1, 0.15) is 6.04 Å². The van der Waals surface area contributed by atoms with Gasteiger partial charge >= 0.3 is 5.97 Å². The van der Waals surface area contributed by atoms with Gasteiger partial charge in [-0.3, -0.25) is 4.79 Å². The third-order valence-electron chi connectivity index (χ3n) is 2.68. The van der Waals surface area contributed by atoms with Crippen LogP contribution in [-0.2, 0) is 11.2 Å². The van der Waals surface area contributed by atoms with Gasteiger partial charge in [0.15, 0.2) is 0 Å². The number of aromatic amines is 1. The number of carboxylic acids is 1. The molecule has 0 fully saturated rings. The van der Waals surface area contributed by atoms with Crippen molar-refractivity contribution >= 4 is 16.9 Å². The number of fused-ring (bicyclic) bond motifs is 1. The molecule has 4 nitrogen and oxygen atoms in total. The molecular formula is C12H14N2O2. The number of rotatable bonds is 4. The van der Waals surface area contributed by atoms with Crippen molar-refractivity contribution in [2.24, 2.45) is 5.73 Å². The summed E-state index contributed by atoms with van der Waals surface area (Å²) in [6.07, 6.45) is 3.04. The van der Waals surface area contributed by atoms with Crippen molar-refractivity contribution in [2.75, 3.05) is 0 Å². The van der Waals surface area contributed by atoms with Gasteiger partial charge in [0, 0.05) is 11.7 Å². The van der Waals surface area contributed by atoms with Crippen LogP contribution in [0.2, 0.25) is 0 Å². The van der Waals surface area contributed by atoms with Crippen molar-refractivity contribution in [3.63, 3.8) is 0 Å². The predicted molar refractivity (Wildman–Crippen MR) is 62.2 cm³/mol. The van der Waals surface area contributed by atoms with E-state index >= 15 is 0 Å². The van der Waals surface area contributed by atoms with Gasteiger partial charge in [-0.15, -0.1) is 0 Å². The van der Waals surface area contributed by atoms with Crippen molar-refractivity contribution < 1.29 is 9.90 Å². The minimum atomic E-state index is -0.942. The number of H-pyrrole nitrogens is 1. The smallest absolute Gasteiger partial charge is 0.320 e. The van der Waals surface area contributed by atoms with Crippen molar-refractivity contribution in [3.05, 3.63) is 36.0 Å². The van der Waals surface area contributed by atoms with Crippen LogP contribution >= 0.6 is 0 Å². The fourth-order valence-corrected chi connectivity index (χ4v) is 1.70. The van der Waals surface area contributed by atoms with E-state index in [0.717, 1.165) is 16.5 Å². The number of aromatic nitrogens is 1. The van der Waals surface area contributed by atoms with Crippen molar-refractivity contribution in [1.29, 1.82) is 0 Å². The summed E-state index contributed by atoms with van der Waals surface area (Å²) >= 11 is 0. The van der Waals surface area contributed by atoms with E-state index in [4.69, 9.17) is 10.8 Å². The maximum absolute atomic E-state index is 10.6. The zero-order valence-corrected chi connectivity index (χ0v) is 8.81. The van der Waals surface area contributed by atoms with Crippen LogP contribution in [0.15, 0.2) is 30.5 Å². The van der Waals surface area contributed by atoms with Gasteiger partial charge in [0.25, 0.3) is 0 Å². The Labute approximate surface area is 93.1 Å². The highest BCUT2D eigenvalue weighted by molar-refractivity contribution is 5.80. The summed E-state index contributed by atoms with van der Waals surface area (Å²) < 4.78 is 0. The van der Waals surface area contributed by atoms with E-state index in [2.05, 4.69) is 11.1 Å². The number of hydrogen-bond donors (Lipinski definition) is 3. The summed E-state index contributed by atoms with van der Waals surface area (Å²) in [5.74, 6) is -0.942. The molecule has 84 valence electrons. The second kappa shape index (κ2) is 4.37. The number of nitrogens with one attached hydrogen (secondary N) is 1. The molecule has 4 N–H and O–H groups in total. The lowest BCUT2D eigenvalue weighted by molar-refractivity contribution is -0.138. The van der Waals surface area contributed by atoms with Crippen molar-refractivity contribution in [2.45, 2.75) is 18.9 Å². The summed E-state index contributed by atoms with van der Waals surface area (Å²) in [7, 11) is 0. The first-order valence-electron chi connectivity index (χ1n) is 5.21. The Morgan fingerprint density at radius 2 is 2.25 bits per heavy atom. The maximum atomic E-state index is 10.6. The normalized spacial score (nSPS) is 12.8. The summed E-state index contributed by atoms with van der Waals surface area (Å²) in [6.45, 7) is 0. The largest absolute Gasteiger partial charge is 0.480 e. The number of aryl methyl sites for hydroxylation is 1. The number of hydrogen-bond acceptors (Lipinski definition) is 2. The van der Waals surface area contributed by atoms with E-state index in [1.807, 2.05) is 24.4 Å². The molecule has 1 aromatic heterocycles. The number of nitrogens with two attached hydrogens (primary N) is 1. The molecule has 2 aromatic rings. The highest BCUT2D eigenvalue weighted by atomic mass is 16.4. The highest BCUT2D eigenvalue weighted by Gasteiger charge is 2.10. The summed E-state index contributed by atoms with van der Waals surface area (Å²) in [5, 5.41) is 9.81. The van der Waals surface area contributed by atoms with Crippen LogP contribution in [0, 0.1) is 0 Å². The van der Waals surface area contributed by atoms with Crippen LogP contribution in [0.4, 0.5) is 0 Å². The molecule has 0 aliphatic carbocycles. The average Bonchev–Trinajstić information content (AvgIpc) is 2.72. The predicted octanol–water partition coefficient (Wildman–Crippen LogP) is 1.51. The van der Waals surface area contributed by atoms with E-state index in [0.29, 0.717) is 12.8 Å². The zero-order chi connectivity index (χ0) is 11.5. The third-order valence-corrected chi connectivity index (χ3v) is 2.68. The first kappa shape index (κ1) is 10.7. The van der Waals surface area contributed by atoms with Gasteiger partial charge < -0.3 is 15.8 Å². The Bertz CT molecular complexity index is 504. The molecule has 1 unspecified atom stereocenters. The molecular weight excluding hydrogens is 204 g/mol. The third kappa shape index (κ3) is 2.23. The number of carbonyl (C=O) groups is 1. The van der Waals surface area contributed by atoms with Gasteiger partial charge in [-0.05, 0) is 42.0 Å². The molecule has 2 rings (SSSR count). The Balaban J connectivity index is 2.06. The molecule has 1 atom stereocenters. The van der Waals surface area contributed by atoms with Gasteiger partial charge in [-0.1, -0.05) is 6.07 Å². The van der Waals surface area contributed by atoms with Gasteiger partial charge in [-0.25, -0.2) is 0 Å². The molecule has 1 heterocycles. The molecule has 0 spiro atoms. The average molecular weight is 218 g/mol. The summed E-state index contributed by atoms with van der Waals surface area (Å²) in [5.41, 5.74) is 7.66. The van der Waals surface area contributed by atoms with E-state index in [9.17, 15) is 4.79 Å². The Morgan fingerprint density at radius 1 is 1.44 bits per heavy atom. The van der Waals surface area contributed by atoms with Gasteiger partial charge in [-0.2, -0.15) is 0 Å². The lowest BCUT2D eigenvalue weighted by Crippen LogP contribution is -2.30. The van der Waals surface area contributed by atoms with Crippen molar-refractivity contribution in [3.8, 4) is 0 Å². The van der Waals surface area contributed by atoms with E-state index in [-0.39, 0.29) is 0 Å². The van der Waals surface area contributed by atoms with Gasteiger partial charge in [0.2, 0.25) is 0 Å². The number of aliphatic carboxylic acids is 1. The van der Waals surface area contributed by atoms with Crippen LogP contribution in [0.1, 0.15) is 12.0 Å². The quantitative estimate of drug-likeness (QED) is 0.727. The van der Waals surface area contributed by atoms with Crippen LogP contribution < -0.4 is 5.73 Å². The van der Waals surface area contributed by atoms with Crippen LogP contribution in [0.25, 0.3) is 10.9 Å². The molecule has 0 saturated heterocycles. The molecule has 0 radical (unpaired) electrons. The topological polar surface area (TPSA) is 79.1 Å². The second-order valence-electron chi connectivity index (χ2n) is 3.88. The minimum Gasteiger partial charge on any atom is -0.480 e. The SMILES string of the molecule is NC(CCc1ccc2[nH]ccc2c1)C(=O)O. The maximum Gasteiger partial charge on any atom is 0.320 e.